The van der Waals surface area contributed by atoms with Gasteiger partial charge in [-0.15, -0.1) is 5.10 Å². The normalized spacial score (nSPS) is 16.8. The van der Waals surface area contributed by atoms with Crippen LogP contribution in [-0.2, 0) is 35.0 Å². The van der Waals surface area contributed by atoms with E-state index in [1.807, 2.05) is 0 Å². The van der Waals surface area contributed by atoms with Crippen LogP contribution in [0.15, 0.2) is 73.1 Å². The summed E-state index contributed by atoms with van der Waals surface area (Å²) < 4.78 is 19.2. The average molecular weight is 923 g/mol. The summed E-state index contributed by atoms with van der Waals surface area (Å²) in [6.45, 7) is 12.9. The number of fused-ring (bicyclic) bond motifs is 1. The average Bonchev–Trinajstić information content (AvgIpc) is 3.92. The Bertz CT molecular complexity index is 2690. The molecule has 0 saturated carbocycles. The van der Waals surface area contributed by atoms with Gasteiger partial charge in [-0.05, 0) is 125 Å². The standard InChI is InChI=1S/C46H51ClN10O9/c1-44(2,3)65-41(61)37-23-29-22-32(12-14-33(29)57(37)43(63)66-45(4,5)6)49-38(58)36(21-28-7-10-31(11-8-28)50-42(62)53-17-15-46(16-18-53)25-64-26-46)55-20-19-54(39(59)40(55)60)35-24-30(47)9-13-34(35)56-27-48-51-52-56/h7-14,22-24,27,36H,15-21,25-26H2,1-6H3,(H,49,58)(H,50,62)/t36-/m0/s1. The number of benzene rings is 3. The number of hydrogen-bond donors (Lipinski definition) is 2. The van der Waals surface area contributed by atoms with Gasteiger partial charge in [0.1, 0.15) is 29.3 Å². The predicted octanol–water partition coefficient (Wildman–Crippen LogP) is 6.08. The number of nitrogens with one attached hydrogen (secondary N) is 2. The Balaban J connectivity index is 1.06. The fourth-order valence-corrected chi connectivity index (χ4v) is 8.38. The fourth-order valence-electron chi connectivity index (χ4n) is 8.22. The summed E-state index contributed by atoms with van der Waals surface area (Å²) in [5.41, 5.74) is 0.853. The molecule has 3 aliphatic rings. The number of ether oxygens (including phenoxy) is 3. The molecule has 2 aromatic heterocycles. The molecule has 5 amide bonds. The Hall–Kier alpha value is -6.86. The summed E-state index contributed by atoms with van der Waals surface area (Å²) >= 11 is 6.37. The number of carbonyl (C=O) groups excluding carboxylic acids is 6. The van der Waals surface area contributed by atoms with Crippen LogP contribution in [-0.4, -0.2) is 127 Å². The minimum absolute atomic E-state index is 0.00296. The summed E-state index contributed by atoms with van der Waals surface area (Å²) in [6, 6.07) is 16.5. The Morgan fingerprint density at radius 2 is 1.50 bits per heavy atom. The summed E-state index contributed by atoms with van der Waals surface area (Å²) in [5, 5.41) is 17.9. The number of esters is 1. The quantitative estimate of drug-likeness (QED) is 0.127. The highest BCUT2D eigenvalue weighted by Crippen LogP contribution is 2.38. The van der Waals surface area contributed by atoms with Gasteiger partial charge in [0.15, 0.2) is 0 Å². The molecule has 66 heavy (non-hydrogen) atoms. The smallest absolute Gasteiger partial charge is 0.419 e. The number of rotatable bonds is 9. The molecule has 346 valence electrons. The number of aromatic nitrogens is 5. The second-order valence-corrected chi connectivity index (χ2v) is 19.2. The third kappa shape index (κ3) is 9.86. The van der Waals surface area contributed by atoms with Gasteiger partial charge >= 0.3 is 29.9 Å². The van der Waals surface area contributed by atoms with Gasteiger partial charge in [0.05, 0.1) is 30.1 Å². The van der Waals surface area contributed by atoms with Gasteiger partial charge in [0.25, 0.3) is 0 Å². The molecule has 19 nitrogen and oxygen atoms in total. The van der Waals surface area contributed by atoms with Crippen LogP contribution in [0, 0.1) is 5.41 Å². The van der Waals surface area contributed by atoms with E-state index in [4.69, 9.17) is 25.8 Å². The number of tetrazole rings is 1. The summed E-state index contributed by atoms with van der Waals surface area (Å²) in [4.78, 5) is 87.3. The molecule has 0 bridgehead atoms. The lowest BCUT2D eigenvalue weighted by molar-refractivity contribution is -0.149. The first-order chi connectivity index (χ1) is 31.3. The highest BCUT2D eigenvalue weighted by atomic mass is 35.5. The number of nitrogens with zero attached hydrogens (tertiary/aromatic N) is 8. The number of anilines is 3. The Morgan fingerprint density at radius 3 is 2.14 bits per heavy atom. The van der Waals surface area contributed by atoms with Crippen LogP contribution in [0.5, 0.6) is 0 Å². The number of amides is 5. The minimum Gasteiger partial charge on any atom is -0.455 e. The van der Waals surface area contributed by atoms with Gasteiger partial charge in [-0.2, -0.15) is 4.68 Å². The molecule has 3 aliphatic heterocycles. The number of urea groups is 1. The molecule has 0 aliphatic carbocycles. The maximum Gasteiger partial charge on any atom is 0.419 e. The second-order valence-electron chi connectivity index (χ2n) is 18.8. The van der Waals surface area contributed by atoms with Crippen molar-refractivity contribution in [1.29, 1.82) is 0 Å². The fraction of sp³-hybridized carbons (Fsp3) is 0.413. The highest BCUT2D eigenvalue weighted by molar-refractivity contribution is 6.41. The molecule has 3 saturated heterocycles. The topological polar surface area (TPSA) is 212 Å². The predicted molar refractivity (Wildman–Crippen MR) is 243 cm³/mol. The van der Waals surface area contributed by atoms with Crippen LogP contribution in [0.3, 0.4) is 0 Å². The molecule has 0 unspecified atom stereocenters. The van der Waals surface area contributed by atoms with E-state index in [0.717, 1.165) is 30.6 Å². The van der Waals surface area contributed by atoms with E-state index in [9.17, 15) is 28.8 Å². The van der Waals surface area contributed by atoms with Gasteiger partial charge in [-0.25, -0.2) is 19.0 Å². The zero-order valence-electron chi connectivity index (χ0n) is 37.5. The summed E-state index contributed by atoms with van der Waals surface area (Å²) in [6.07, 6.45) is 2.31. The monoisotopic (exact) mass is 922 g/mol. The zero-order valence-corrected chi connectivity index (χ0v) is 38.3. The van der Waals surface area contributed by atoms with E-state index in [0.29, 0.717) is 51.6 Å². The van der Waals surface area contributed by atoms with Crippen molar-refractivity contribution >= 4 is 75.4 Å². The third-order valence-electron chi connectivity index (χ3n) is 11.6. The zero-order chi connectivity index (χ0) is 47.1. The SMILES string of the molecule is CC(C)(C)OC(=O)c1cc2cc(NC(=O)[C@H](Cc3ccc(NC(=O)N4CCC5(CC4)COC5)cc3)N3CCN(c4cc(Cl)ccc4-n4cnnn4)C(=O)C3=O)ccc2n1C(=O)OC(C)(C)C. The second kappa shape index (κ2) is 17.8. The Labute approximate surface area is 385 Å². The molecule has 2 N–H and O–H groups in total. The van der Waals surface area contributed by atoms with Crippen molar-refractivity contribution in [2.24, 2.45) is 5.41 Å². The van der Waals surface area contributed by atoms with Crippen molar-refractivity contribution in [3.63, 3.8) is 0 Å². The van der Waals surface area contributed by atoms with Crippen molar-refractivity contribution in [2.45, 2.75) is 78.0 Å². The maximum absolute atomic E-state index is 14.6. The van der Waals surface area contributed by atoms with Crippen LogP contribution >= 0.6 is 11.6 Å². The van der Waals surface area contributed by atoms with Crippen molar-refractivity contribution in [2.75, 3.05) is 54.9 Å². The van der Waals surface area contributed by atoms with E-state index in [1.54, 1.807) is 101 Å². The summed E-state index contributed by atoms with van der Waals surface area (Å²) in [5.74, 6) is -3.20. The van der Waals surface area contributed by atoms with E-state index in [1.165, 1.54) is 32.9 Å². The number of likely N-dealkylation sites (tertiary alicyclic amines) is 1. The molecule has 3 fully saturated rings. The lowest BCUT2D eigenvalue weighted by Crippen LogP contribution is -2.60. The number of piperidine rings is 1. The molecular formula is C46H51ClN10O9. The van der Waals surface area contributed by atoms with E-state index < -0.39 is 47.0 Å². The molecule has 0 radical (unpaired) electrons. The lowest BCUT2D eigenvalue weighted by Gasteiger charge is -2.47. The van der Waals surface area contributed by atoms with Gasteiger partial charge in [0.2, 0.25) is 5.91 Å². The molecular weight excluding hydrogens is 872 g/mol. The molecule has 5 aromatic rings. The van der Waals surface area contributed by atoms with Crippen LogP contribution in [0.4, 0.5) is 26.7 Å². The highest BCUT2D eigenvalue weighted by Gasteiger charge is 2.43. The molecule has 1 atom stereocenters. The Morgan fingerprint density at radius 1 is 0.803 bits per heavy atom. The largest absolute Gasteiger partial charge is 0.455 e. The molecule has 5 heterocycles. The molecule has 8 rings (SSSR count). The van der Waals surface area contributed by atoms with Gasteiger partial charge < -0.3 is 39.5 Å². The van der Waals surface area contributed by atoms with Crippen molar-refractivity contribution in [3.05, 3.63) is 89.3 Å². The number of carbonyl (C=O) groups is 6. The van der Waals surface area contributed by atoms with Gasteiger partial charge in [-0.1, -0.05) is 23.7 Å². The van der Waals surface area contributed by atoms with E-state index >= 15 is 0 Å². The van der Waals surface area contributed by atoms with Crippen molar-refractivity contribution < 1.29 is 43.0 Å². The van der Waals surface area contributed by atoms with E-state index in [-0.39, 0.29) is 42.3 Å². The maximum atomic E-state index is 14.6. The first-order valence-corrected chi connectivity index (χ1v) is 22.0. The van der Waals surface area contributed by atoms with Crippen LogP contribution in [0.1, 0.15) is 70.4 Å². The Kier molecular flexibility index (Phi) is 12.4. The summed E-state index contributed by atoms with van der Waals surface area (Å²) in [7, 11) is 0. The number of piperazine rings is 1. The number of hydrogen-bond acceptors (Lipinski definition) is 12. The molecule has 3 aromatic carbocycles. The first-order valence-electron chi connectivity index (χ1n) is 21.6. The van der Waals surface area contributed by atoms with Crippen LogP contribution < -0.4 is 15.5 Å². The molecule has 20 heteroatoms. The lowest BCUT2D eigenvalue weighted by atomic mass is 9.77. The molecule has 1 spiro atoms. The van der Waals surface area contributed by atoms with Crippen LogP contribution in [0.25, 0.3) is 16.6 Å². The number of halogens is 1. The minimum atomic E-state index is -1.21. The van der Waals surface area contributed by atoms with Crippen molar-refractivity contribution in [1.82, 2.24) is 34.6 Å². The van der Waals surface area contributed by atoms with Crippen LogP contribution in [0.2, 0.25) is 5.02 Å². The first kappa shape index (κ1) is 45.7. The van der Waals surface area contributed by atoms with E-state index in [2.05, 4.69) is 26.2 Å². The van der Waals surface area contributed by atoms with Crippen molar-refractivity contribution in [3.8, 4) is 5.69 Å². The van der Waals surface area contributed by atoms with Gasteiger partial charge in [-0.3, -0.25) is 14.4 Å². The van der Waals surface area contributed by atoms with Gasteiger partial charge in [0, 0.05) is 59.8 Å². The third-order valence-corrected chi connectivity index (χ3v) is 11.8.